The van der Waals surface area contributed by atoms with Crippen LogP contribution in [0.3, 0.4) is 0 Å². The Morgan fingerprint density at radius 3 is 2.75 bits per heavy atom. The van der Waals surface area contributed by atoms with Crippen LogP contribution in [0.15, 0.2) is 24.3 Å². The molecule has 1 aromatic heterocycles. The lowest BCUT2D eigenvalue weighted by Gasteiger charge is -2.13. The summed E-state index contributed by atoms with van der Waals surface area (Å²) in [6, 6.07) is 8.50. The number of nitrogens with two attached hydrogens (primary N) is 1. The molecule has 4 nitrogen and oxygen atoms in total. The first-order chi connectivity index (χ1) is 9.65. The average molecular weight is 275 g/mol. The lowest BCUT2D eigenvalue weighted by Crippen LogP contribution is -2.25. The van der Waals surface area contributed by atoms with Crippen molar-refractivity contribution in [3.05, 3.63) is 30.0 Å². The van der Waals surface area contributed by atoms with E-state index in [0.29, 0.717) is 0 Å². The molecule has 1 aromatic carbocycles. The number of nitrogens with zero attached hydrogens (tertiary/aromatic N) is 2. The predicted octanol–water partition coefficient (Wildman–Crippen LogP) is 2.74. The fraction of sp³-hybridized carbons (Fsp3) is 0.562. The van der Waals surface area contributed by atoms with Gasteiger partial charge in [-0.25, -0.2) is 0 Å². The summed E-state index contributed by atoms with van der Waals surface area (Å²) in [6.45, 7) is 5.08. The van der Waals surface area contributed by atoms with Crippen molar-refractivity contribution in [2.75, 3.05) is 7.11 Å². The van der Waals surface area contributed by atoms with Gasteiger partial charge in [-0.1, -0.05) is 18.2 Å². The van der Waals surface area contributed by atoms with Gasteiger partial charge in [0, 0.05) is 31.5 Å². The van der Waals surface area contributed by atoms with Crippen molar-refractivity contribution in [2.24, 2.45) is 5.73 Å². The van der Waals surface area contributed by atoms with Gasteiger partial charge in [0.15, 0.2) is 0 Å². The van der Waals surface area contributed by atoms with Crippen LogP contribution < -0.4 is 5.73 Å². The zero-order valence-corrected chi connectivity index (χ0v) is 12.7. The molecule has 4 heteroatoms. The SMILES string of the molecule is CCn1nc(CC(N)CCC(C)OC)c2ccccc21. The third kappa shape index (κ3) is 3.38. The van der Waals surface area contributed by atoms with E-state index in [9.17, 15) is 0 Å². The summed E-state index contributed by atoms with van der Waals surface area (Å²) in [7, 11) is 1.74. The van der Waals surface area contributed by atoms with Gasteiger partial charge in [-0.05, 0) is 32.8 Å². The van der Waals surface area contributed by atoms with Gasteiger partial charge in [0.05, 0.1) is 17.3 Å². The molecule has 0 amide bonds. The normalized spacial score (nSPS) is 14.6. The Morgan fingerprint density at radius 1 is 1.30 bits per heavy atom. The maximum atomic E-state index is 6.25. The topological polar surface area (TPSA) is 53.1 Å². The largest absolute Gasteiger partial charge is 0.382 e. The lowest BCUT2D eigenvalue weighted by molar-refractivity contribution is 0.107. The van der Waals surface area contributed by atoms with Crippen molar-refractivity contribution in [3.8, 4) is 0 Å². The molecule has 20 heavy (non-hydrogen) atoms. The molecule has 0 aliphatic carbocycles. The van der Waals surface area contributed by atoms with E-state index in [1.54, 1.807) is 7.11 Å². The third-order valence-electron chi connectivity index (χ3n) is 3.84. The predicted molar refractivity (Wildman–Crippen MR) is 82.8 cm³/mol. The summed E-state index contributed by atoms with van der Waals surface area (Å²) in [4.78, 5) is 0. The highest BCUT2D eigenvalue weighted by molar-refractivity contribution is 5.82. The minimum Gasteiger partial charge on any atom is -0.382 e. The molecular weight excluding hydrogens is 250 g/mol. The first-order valence-electron chi connectivity index (χ1n) is 7.38. The van der Waals surface area contributed by atoms with Crippen LogP contribution in [0.5, 0.6) is 0 Å². The van der Waals surface area contributed by atoms with Gasteiger partial charge in [0.1, 0.15) is 0 Å². The second-order valence-electron chi connectivity index (χ2n) is 5.37. The quantitative estimate of drug-likeness (QED) is 0.845. The molecule has 2 aromatic rings. The number of ether oxygens (including phenoxy) is 1. The van der Waals surface area contributed by atoms with Crippen molar-refractivity contribution < 1.29 is 4.74 Å². The molecule has 0 saturated heterocycles. The Hall–Kier alpha value is -1.39. The highest BCUT2D eigenvalue weighted by atomic mass is 16.5. The maximum Gasteiger partial charge on any atom is 0.0718 e. The number of aromatic nitrogens is 2. The molecule has 2 rings (SSSR count). The van der Waals surface area contributed by atoms with E-state index in [-0.39, 0.29) is 12.1 Å². The van der Waals surface area contributed by atoms with Crippen molar-refractivity contribution in [2.45, 2.75) is 51.8 Å². The number of para-hydroxylation sites is 1. The van der Waals surface area contributed by atoms with Crippen molar-refractivity contribution in [1.29, 1.82) is 0 Å². The van der Waals surface area contributed by atoms with Gasteiger partial charge in [-0.3, -0.25) is 4.68 Å². The summed E-state index contributed by atoms with van der Waals surface area (Å²) in [5.41, 5.74) is 8.55. The first-order valence-corrected chi connectivity index (χ1v) is 7.38. The van der Waals surface area contributed by atoms with E-state index in [1.807, 2.05) is 0 Å². The van der Waals surface area contributed by atoms with Crippen LogP contribution in [0.1, 0.15) is 32.4 Å². The Balaban J connectivity index is 2.09. The number of hydrogen-bond donors (Lipinski definition) is 1. The van der Waals surface area contributed by atoms with Gasteiger partial charge >= 0.3 is 0 Å². The Labute approximate surface area is 120 Å². The second kappa shape index (κ2) is 6.86. The molecule has 1 heterocycles. The van der Waals surface area contributed by atoms with E-state index in [1.165, 1.54) is 10.9 Å². The van der Waals surface area contributed by atoms with Crippen molar-refractivity contribution in [1.82, 2.24) is 9.78 Å². The van der Waals surface area contributed by atoms with Crippen molar-refractivity contribution in [3.63, 3.8) is 0 Å². The van der Waals surface area contributed by atoms with E-state index >= 15 is 0 Å². The second-order valence-corrected chi connectivity index (χ2v) is 5.37. The maximum absolute atomic E-state index is 6.25. The van der Waals surface area contributed by atoms with Crippen LogP contribution in [-0.2, 0) is 17.7 Å². The zero-order chi connectivity index (χ0) is 14.5. The molecule has 0 fully saturated rings. The molecule has 2 atom stereocenters. The lowest BCUT2D eigenvalue weighted by atomic mass is 10.0. The number of aryl methyl sites for hydroxylation is 1. The smallest absolute Gasteiger partial charge is 0.0718 e. The van der Waals surface area contributed by atoms with E-state index < -0.39 is 0 Å². The number of benzene rings is 1. The summed E-state index contributed by atoms with van der Waals surface area (Å²) in [6.07, 6.45) is 3.04. The Kier molecular flexibility index (Phi) is 5.15. The molecule has 0 spiro atoms. The van der Waals surface area contributed by atoms with Crippen LogP contribution in [-0.4, -0.2) is 29.0 Å². The van der Waals surface area contributed by atoms with Gasteiger partial charge < -0.3 is 10.5 Å². The molecule has 110 valence electrons. The highest BCUT2D eigenvalue weighted by Crippen LogP contribution is 2.20. The summed E-state index contributed by atoms with van der Waals surface area (Å²) >= 11 is 0. The van der Waals surface area contributed by atoms with Crippen LogP contribution in [0.4, 0.5) is 0 Å². The molecule has 2 unspecified atom stereocenters. The standard InChI is InChI=1S/C16H25N3O/c1-4-19-16-8-6-5-7-14(16)15(18-19)11-13(17)10-9-12(2)20-3/h5-8,12-13H,4,9-11,17H2,1-3H3. The molecular formula is C16H25N3O. The molecule has 2 N–H and O–H groups in total. The van der Waals surface area contributed by atoms with Gasteiger partial charge in [0.25, 0.3) is 0 Å². The van der Waals surface area contributed by atoms with E-state index in [4.69, 9.17) is 15.6 Å². The van der Waals surface area contributed by atoms with Gasteiger partial charge in [-0.15, -0.1) is 0 Å². The monoisotopic (exact) mass is 275 g/mol. The Morgan fingerprint density at radius 2 is 2.05 bits per heavy atom. The van der Waals surface area contributed by atoms with Gasteiger partial charge in [-0.2, -0.15) is 5.10 Å². The summed E-state index contributed by atoms with van der Waals surface area (Å²) in [5, 5.41) is 5.93. The number of fused-ring (bicyclic) bond motifs is 1. The minimum absolute atomic E-state index is 0.135. The molecule has 0 aliphatic rings. The number of methoxy groups -OCH3 is 1. The van der Waals surface area contributed by atoms with E-state index in [0.717, 1.165) is 31.5 Å². The van der Waals surface area contributed by atoms with Crippen LogP contribution in [0, 0.1) is 0 Å². The van der Waals surface area contributed by atoms with Gasteiger partial charge in [0.2, 0.25) is 0 Å². The molecule has 0 aliphatic heterocycles. The first kappa shape index (κ1) is 15.0. The molecule has 0 radical (unpaired) electrons. The Bertz CT molecular complexity index is 550. The van der Waals surface area contributed by atoms with E-state index in [2.05, 4.69) is 42.8 Å². The summed E-state index contributed by atoms with van der Waals surface area (Å²) < 4.78 is 7.32. The summed E-state index contributed by atoms with van der Waals surface area (Å²) in [5.74, 6) is 0. The molecule has 0 bridgehead atoms. The zero-order valence-electron chi connectivity index (χ0n) is 12.7. The number of hydrogen-bond acceptors (Lipinski definition) is 3. The fourth-order valence-corrected chi connectivity index (χ4v) is 2.51. The third-order valence-corrected chi connectivity index (χ3v) is 3.84. The number of rotatable bonds is 7. The van der Waals surface area contributed by atoms with Crippen molar-refractivity contribution >= 4 is 10.9 Å². The van der Waals surface area contributed by atoms with Crippen LogP contribution >= 0.6 is 0 Å². The molecule has 0 saturated carbocycles. The highest BCUT2D eigenvalue weighted by Gasteiger charge is 2.13. The average Bonchev–Trinajstić information content (AvgIpc) is 2.83. The fourth-order valence-electron chi connectivity index (χ4n) is 2.51. The van der Waals surface area contributed by atoms with Crippen LogP contribution in [0.25, 0.3) is 10.9 Å². The van der Waals surface area contributed by atoms with Crippen LogP contribution in [0.2, 0.25) is 0 Å². The minimum atomic E-state index is 0.135.